The summed E-state index contributed by atoms with van der Waals surface area (Å²) in [6, 6.07) is 4.69. The normalized spacial score (nSPS) is 26.2. The highest BCUT2D eigenvalue weighted by atomic mass is 79.9. The van der Waals surface area contributed by atoms with Crippen LogP contribution in [0.5, 0.6) is 0 Å². The fourth-order valence-electron chi connectivity index (χ4n) is 2.73. The van der Waals surface area contributed by atoms with Crippen molar-refractivity contribution in [3.05, 3.63) is 34.1 Å². The molecule has 2 unspecified atom stereocenters. The zero-order valence-electron chi connectivity index (χ0n) is 11.2. The van der Waals surface area contributed by atoms with Gasteiger partial charge in [-0.2, -0.15) is 0 Å². The second-order valence-electron chi connectivity index (χ2n) is 4.85. The second kappa shape index (κ2) is 6.65. The maximum Gasteiger partial charge on any atom is 0.207 e. The molecule has 4 nitrogen and oxygen atoms in total. The van der Waals surface area contributed by atoms with Gasteiger partial charge in [0, 0.05) is 29.7 Å². The number of nitrogens with one attached hydrogen (secondary N) is 1. The minimum Gasteiger partial charge on any atom is -0.384 e. The van der Waals surface area contributed by atoms with E-state index in [-0.39, 0.29) is 18.3 Å². The van der Waals surface area contributed by atoms with Crippen LogP contribution in [0.1, 0.15) is 12.0 Å². The van der Waals surface area contributed by atoms with Crippen molar-refractivity contribution in [1.82, 2.24) is 5.32 Å². The molecule has 1 amide bonds. The van der Waals surface area contributed by atoms with E-state index in [9.17, 15) is 9.18 Å². The van der Waals surface area contributed by atoms with Crippen molar-refractivity contribution in [2.75, 3.05) is 26.9 Å². The summed E-state index contributed by atoms with van der Waals surface area (Å²) in [6.07, 6.45) is 1.29. The maximum absolute atomic E-state index is 14.3. The summed E-state index contributed by atoms with van der Waals surface area (Å²) in [5.74, 6) is -0.413. The summed E-state index contributed by atoms with van der Waals surface area (Å²) in [5, 5.41) is 2.77. The van der Waals surface area contributed by atoms with Crippen LogP contribution in [0.15, 0.2) is 22.7 Å². The number of ether oxygens (including phenoxy) is 2. The summed E-state index contributed by atoms with van der Waals surface area (Å²) in [5.41, 5.74) is -0.482. The van der Waals surface area contributed by atoms with Crippen LogP contribution < -0.4 is 5.32 Å². The largest absolute Gasteiger partial charge is 0.384 e. The Morgan fingerprint density at radius 2 is 2.45 bits per heavy atom. The minimum atomic E-state index is -0.899. The zero-order valence-corrected chi connectivity index (χ0v) is 12.8. The van der Waals surface area contributed by atoms with Gasteiger partial charge in [0.2, 0.25) is 6.41 Å². The Kier molecular flexibility index (Phi) is 5.12. The lowest BCUT2D eigenvalue weighted by atomic mass is 9.75. The third-order valence-corrected chi connectivity index (χ3v) is 4.22. The highest BCUT2D eigenvalue weighted by Gasteiger charge is 2.44. The Morgan fingerprint density at radius 1 is 1.65 bits per heavy atom. The van der Waals surface area contributed by atoms with E-state index < -0.39 is 5.54 Å². The van der Waals surface area contributed by atoms with Crippen molar-refractivity contribution in [3.63, 3.8) is 0 Å². The van der Waals surface area contributed by atoms with Gasteiger partial charge in [-0.15, -0.1) is 0 Å². The quantitative estimate of drug-likeness (QED) is 0.832. The molecule has 1 N–H and O–H groups in total. The molecular formula is C14H17BrFNO3. The number of rotatable bonds is 5. The van der Waals surface area contributed by atoms with Gasteiger partial charge in [-0.1, -0.05) is 15.9 Å². The molecule has 1 aliphatic heterocycles. The summed E-state index contributed by atoms with van der Waals surface area (Å²) in [7, 11) is 1.60. The van der Waals surface area contributed by atoms with Crippen LogP contribution in [0, 0.1) is 11.7 Å². The van der Waals surface area contributed by atoms with Crippen molar-refractivity contribution < 1.29 is 18.7 Å². The average Bonchev–Trinajstić information content (AvgIpc) is 2.44. The van der Waals surface area contributed by atoms with E-state index in [4.69, 9.17) is 9.47 Å². The Morgan fingerprint density at radius 3 is 3.15 bits per heavy atom. The first kappa shape index (κ1) is 15.4. The van der Waals surface area contributed by atoms with Gasteiger partial charge in [-0.05, 0) is 24.6 Å². The highest BCUT2D eigenvalue weighted by molar-refractivity contribution is 9.10. The number of benzene rings is 1. The van der Waals surface area contributed by atoms with E-state index in [2.05, 4.69) is 21.2 Å². The number of carbonyl (C=O) groups is 1. The summed E-state index contributed by atoms with van der Waals surface area (Å²) < 4.78 is 25.7. The molecule has 1 aromatic carbocycles. The molecule has 2 atom stereocenters. The predicted molar refractivity (Wildman–Crippen MR) is 75.8 cm³/mol. The number of hydrogen-bond acceptors (Lipinski definition) is 3. The van der Waals surface area contributed by atoms with E-state index in [1.807, 2.05) is 0 Å². The molecule has 0 spiro atoms. The van der Waals surface area contributed by atoms with Gasteiger partial charge < -0.3 is 14.8 Å². The Balaban J connectivity index is 2.50. The molecular weight excluding hydrogens is 329 g/mol. The molecule has 1 aromatic rings. The molecule has 0 aliphatic carbocycles. The van der Waals surface area contributed by atoms with Gasteiger partial charge in [0.1, 0.15) is 5.82 Å². The number of halogens is 2. The SMILES string of the molecule is COCC1CCOCC1(NC=O)c1cc(Br)ccc1F. The first-order valence-electron chi connectivity index (χ1n) is 6.37. The Hall–Kier alpha value is -0.980. The smallest absolute Gasteiger partial charge is 0.207 e. The molecule has 0 aromatic heterocycles. The van der Waals surface area contributed by atoms with Crippen LogP contribution in [-0.2, 0) is 19.8 Å². The molecule has 2 rings (SSSR count). The number of methoxy groups -OCH3 is 1. The van der Waals surface area contributed by atoms with Crippen molar-refractivity contribution >= 4 is 22.3 Å². The summed E-state index contributed by atoms with van der Waals surface area (Å²) >= 11 is 3.34. The van der Waals surface area contributed by atoms with Gasteiger partial charge in [-0.3, -0.25) is 4.79 Å². The van der Waals surface area contributed by atoms with Gasteiger partial charge in [0.05, 0.1) is 18.8 Å². The lowest BCUT2D eigenvalue weighted by Crippen LogP contribution is -2.56. The van der Waals surface area contributed by atoms with E-state index in [0.29, 0.717) is 31.6 Å². The fraction of sp³-hybridized carbons (Fsp3) is 0.500. The van der Waals surface area contributed by atoms with Crippen LogP contribution in [0.3, 0.4) is 0 Å². The molecule has 0 bridgehead atoms. The van der Waals surface area contributed by atoms with E-state index >= 15 is 0 Å². The molecule has 1 heterocycles. The van der Waals surface area contributed by atoms with Crippen LogP contribution in [0.2, 0.25) is 0 Å². The van der Waals surface area contributed by atoms with E-state index in [1.54, 1.807) is 19.2 Å². The lowest BCUT2D eigenvalue weighted by molar-refractivity contribution is -0.117. The Bertz CT molecular complexity index is 483. The number of amides is 1. The van der Waals surface area contributed by atoms with Crippen LogP contribution in [-0.4, -0.2) is 33.3 Å². The van der Waals surface area contributed by atoms with Gasteiger partial charge in [-0.25, -0.2) is 4.39 Å². The third-order valence-electron chi connectivity index (χ3n) is 3.73. The van der Waals surface area contributed by atoms with E-state index in [0.717, 1.165) is 4.47 Å². The average molecular weight is 346 g/mol. The summed E-state index contributed by atoms with van der Waals surface area (Å²) in [4.78, 5) is 11.1. The molecule has 0 radical (unpaired) electrons. The second-order valence-corrected chi connectivity index (χ2v) is 5.77. The molecule has 20 heavy (non-hydrogen) atoms. The molecule has 0 saturated carbocycles. The van der Waals surface area contributed by atoms with Crippen LogP contribution in [0.4, 0.5) is 4.39 Å². The standard InChI is InChI=1S/C14H17BrFNO3/c1-19-7-10-4-5-20-8-14(10,17-9-18)12-6-11(15)2-3-13(12)16/h2-3,6,9-10H,4-5,7-8H2,1H3,(H,17,18). The van der Waals surface area contributed by atoms with Crippen LogP contribution in [0.25, 0.3) is 0 Å². The first-order chi connectivity index (χ1) is 9.64. The van der Waals surface area contributed by atoms with E-state index in [1.165, 1.54) is 6.07 Å². The monoisotopic (exact) mass is 345 g/mol. The lowest BCUT2D eigenvalue weighted by Gasteiger charge is -2.43. The fourth-order valence-corrected chi connectivity index (χ4v) is 3.09. The molecule has 1 saturated heterocycles. The number of carbonyl (C=O) groups excluding carboxylic acids is 1. The van der Waals surface area contributed by atoms with Gasteiger partial charge in [0.15, 0.2) is 0 Å². The van der Waals surface area contributed by atoms with Crippen molar-refractivity contribution in [1.29, 1.82) is 0 Å². The first-order valence-corrected chi connectivity index (χ1v) is 7.17. The number of hydrogen-bond donors (Lipinski definition) is 1. The van der Waals surface area contributed by atoms with Gasteiger partial charge in [0.25, 0.3) is 0 Å². The topological polar surface area (TPSA) is 47.6 Å². The Labute approximate surface area is 125 Å². The van der Waals surface area contributed by atoms with Gasteiger partial charge >= 0.3 is 0 Å². The minimum absolute atomic E-state index is 0.0461. The maximum atomic E-state index is 14.3. The molecule has 110 valence electrons. The van der Waals surface area contributed by atoms with Crippen molar-refractivity contribution in [2.24, 2.45) is 5.92 Å². The highest BCUT2D eigenvalue weighted by Crippen LogP contribution is 2.38. The third kappa shape index (κ3) is 2.87. The van der Waals surface area contributed by atoms with Crippen LogP contribution >= 0.6 is 15.9 Å². The zero-order chi connectivity index (χ0) is 14.6. The molecule has 1 fully saturated rings. The summed E-state index contributed by atoms with van der Waals surface area (Å²) in [6.45, 7) is 1.23. The predicted octanol–water partition coefficient (Wildman–Crippen LogP) is 2.21. The molecule has 6 heteroatoms. The molecule has 1 aliphatic rings. The van der Waals surface area contributed by atoms with Crippen molar-refractivity contribution in [3.8, 4) is 0 Å². The van der Waals surface area contributed by atoms with Crippen molar-refractivity contribution in [2.45, 2.75) is 12.0 Å².